The lowest BCUT2D eigenvalue weighted by molar-refractivity contribution is -0.782. The summed E-state index contributed by atoms with van der Waals surface area (Å²) in [5, 5.41) is 26.6. The Balaban J connectivity index is 1.62. The van der Waals surface area contributed by atoms with Gasteiger partial charge in [0.15, 0.2) is 0 Å². The van der Waals surface area contributed by atoms with E-state index in [-0.39, 0.29) is 21.6 Å². The fourth-order valence-corrected chi connectivity index (χ4v) is 3.19. The molecule has 1 fully saturated rings. The van der Waals surface area contributed by atoms with Crippen molar-refractivity contribution >= 4 is 28.1 Å². The quantitative estimate of drug-likeness (QED) is 0.406. The number of nitrogens with zero attached hydrogens (tertiary/aromatic N) is 5. The molecule has 2 heterocycles. The van der Waals surface area contributed by atoms with E-state index in [2.05, 4.69) is 26.8 Å². The predicted molar refractivity (Wildman–Crippen MR) is 90.5 cm³/mol. The van der Waals surface area contributed by atoms with Gasteiger partial charge in [-0.25, -0.2) is 0 Å². The number of para-hydroxylation sites is 1. The number of piperazine rings is 1. The summed E-state index contributed by atoms with van der Waals surface area (Å²) in [6.07, 6.45) is 0. The average Bonchev–Trinajstić information content (AvgIpc) is 3.04. The number of nitro groups is 1. The van der Waals surface area contributed by atoms with Crippen molar-refractivity contribution in [1.82, 2.24) is 5.16 Å². The molecule has 1 aromatic heterocycles. The molecule has 1 aliphatic rings. The SMILES string of the molecule is O=[N+]([O-])c1ccc(N2CCN(c3ccccc3)CC2)c2c1no[n+]2[O-]. The number of hydrogen-bond acceptors (Lipinski definition) is 7. The van der Waals surface area contributed by atoms with Gasteiger partial charge in [0.1, 0.15) is 0 Å². The van der Waals surface area contributed by atoms with Crippen molar-refractivity contribution in [3.8, 4) is 0 Å². The summed E-state index contributed by atoms with van der Waals surface area (Å²) in [6, 6.07) is 13.1. The maximum atomic E-state index is 11.9. The topological polar surface area (TPSA) is 103 Å². The predicted octanol–water partition coefficient (Wildman–Crippen LogP) is 1.70. The second-order valence-electron chi connectivity index (χ2n) is 5.80. The Hall–Kier alpha value is -3.36. The monoisotopic (exact) mass is 341 g/mol. The van der Waals surface area contributed by atoms with E-state index in [1.807, 2.05) is 23.1 Å². The first-order valence-corrected chi connectivity index (χ1v) is 7.87. The number of non-ortho nitro benzene ring substituents is 1. The maximum Gasteiger partial charge on any atom is 0.327 e. The van der Waals surface area contributed by atoms with Crippen LogP contribution in [0.2, 0.25) is 0 Å². The normalized spacial score (nSPS) is 14.9. The van der Waals surface area contributed by atoms with Crippen molar-refractivity contribution in [2.24, 2.45) is 0 Å². The number of rotatable bonds is 3. The number of aromatic nitrogens is 2. The molecule has 0 radical (unpaired) electrons. The first-order valence-electron chi connectivity index (χ1n) is 7.87. The molecule has 0 spiro atoms. The third-order valence-corrected chi connectivity index (χ3v) is 4.44. The van der Waals surface area contributed by atoms with Gasteiger partial charge in [0.05, 0.1) is 15.8 Å². The molecule has 4 rings (SSSR count). The zero-order valence-corrected chi connectivity index (χ0v) is 13.2. The summed E-state index contributed by atoms with van der Waals surface area (Å²) in [5.41, 5.74) is 1.59. The van der Waals surface area contributed by atoms with Crippen LogP contribution in [-0.4, -0.2) is 36.3 Å². The van der Waals surface area contributed by atoms with Crippen LogP contribution >= 0.6 is 0 Å². The zero-order chi connectivity index (χ0) is 17.4. The summed E-state index contributed by atoms with van der Waals surface area (Å²) in [5.74, 6) is 0. The van der Waals surface area contributed by atoms with Gasteiger partial charge >= 0.3 is 11.2 Å². The van der Waals surface area contributed by atoms with Gasteiger partial charge in [-0.2, -0.15) is 0 Å². The highest BCUT2D eigenvalue weighted by Crippen LogP contribution is 2.31. The van der Waals surface area contributed by atoms with Crippen LogP contribution in [0.15, 0.2) is 47.1 Å². The lowest BCUT2D eigenvalue weighted by atomic mass is 10.2. The van der Waals surface area contributed by atoms with Gasteiger partial charge in [0.25, 0.3) is 5.52 Å². The number of benzene rings is 2. The zero-order valence-electron chi connectivity index (χ0n) is 13.2. The highest BCUT2D eigenvalue weighted by molar-refractivity contribution is 5.91. The van der Waals surface area contributed by atoms with Gasteiger partial charge in [0, 0.05) is 37.9 Å². The van der Waals surface area contributed by atoms with E-state index < -0.39 is 4.92 Å². The van der Waals surface area contributed by atoms with E-state index in [1.165, 1.54) is 6.07 Å². The van der Waals surface area contributed by atoms with Gasteiger partial charge in [-0.1, -0.05) is 18.2 Å². The lowest BCUT2D eigenvalue weighted by Crippen LogP contribution is -2.47. The molecular formula is C16H15N5O4. The number of nitro benzene ring substituents is 1. The van der Waals surface area contributed by atoms with Crippen LogP contribution in [0.4, 0.5) is 17.1 Å². The molecule has 0 aliphatic carbocycles. The summed E-state index contributed by atoms with van der Waals surface area (Å²) in [7, 11) is 0. The van der Waals surface area contributed by atoms with Crippen molar-refractivity contribution in [3.63, 3.8) is 0 Å². The Labute approximate surface area is 142 Å². The molecule has 25 heavy (non-hydrogen) atoms. The molecule has 0 saturated carbocycles. The molecule has 0 N–H and O–H groups in total. The molecule has 3 aromatic rings. The van der Waals surface area contributed by atoms with Crippen LogP contribution in [0.25, 0.3) is 11.0 Å². The summed E-state index contributed by atoms with van der Waals surface area (Å²) in [6.45, 7) is 2.94. The second-order valence-corrected chi connectivity index (χ2v) is 5.80. The highest BCUT2D eigenvalue weighted by atomic mass is 16.8. The molecular weight excluding hydrogens is 326 g/mol. The summed E-state index contributed by atoms with van der Waals surface area (Å²) < 4.78 is 4.60. The van der Waals surface area contributed by atoms with E-state index in [4.69, 9.17) is 0 Å². The van der Waals surface area contributed by atoms with Crippen LogP contribution in [0.5, 0.6) is 0 Å². The Morgan fingerprint density at radius 3 is 2.40 bits per heavy atom. The Bertz CT molecular complexity index is 919. The molecule has 0 atom stereocenters. The molecule has 0 amide bonds. The van der Waals surface area contributed by atoms with Crippen LogP contribution in [0, 0.1) is 15.3 Å². The molecule has 1 aliphatic heterocycles. The smallest absolute Gasteiger partial charge is 0.327 e. The van der Waals surface area contributed by atoms with E-state index in [0.717, 1.165) is 18.8 Å². The van der Waals surface area contributed by atoms with E-state index in [0.29, 0.717) is 18.8 Å². The third kappa shape index (κ3) is 2.59. The number of fused-ring (bicyclic) bond motifs is 1. The largest absolute Gasteiger partial charge is 0.368 e. The standard InChI is InChI=1S/C16H15N5O4/c22-20(23)13-6-7-14(16-15(13)17-25-21(16)24)19-10-8-18(9-11-19)12-4-2-1-3-5-12/h1-7H,8-11H2. The minimum Gasteiger partial charge on any atom is -0.368 e. The van der Waals surface area contributed by atoms with Crippen molar-refractivity contribution in [2.45, 2.75) is 0 Å². The summed E-state index contributed by atoms with van der Waals surface area (Å²) in [4.78, 5) is 15.1. The van der Waals surface area contributed by atoms with Crippen LogP contribution < -0.4 is 14.7 Å². The van der Waals surface area contributed by atoms with Crippen LogP contribution in [-0.2, 0) is 0 Å². The Kier molecular flexibility index (Phi) is 3.60. The Morgan fingerprint density at radius 2 is 1.72 bits per heavy atom. The van der Waals surface area contributed by atoms with Gasteiger partial charge in [0.2, 0.25) is 0 Å². The maximum absolute atomic E-state index is 11.9. The van der Waals surface area contributed by atoms with E-state index >= 15 is 0 Å². The first kappa shape index (κ1) is 15.2. The van der Waals surface area contributed by atoms with Gasteiger partial charge < -0.3 is 15.0 Å². The molecule has 9 nitrogen and oxygen atoms in total. The molecule has 2 aromatic carbocycles. The van der Waals surface area contributed by atoms with E-state index in [1.54, 1.807) is 6.07 Å². The summed E-state index contributed by atoms with van der Waals surface area (Å²) >= 11 is 0. The van der Waals surface area contributed by atoms with Crippen molar-refractivity contribution in [3.05, 3.63) is 57.8 Å². The van der Waals surface area contributed by atoms with Crippen LogP contribution in [0.1, 0.15) is 0 Å². The number of hydrogen-bond donors (Lipinski definition) is 0. The molecule has 0 bridgehead atoms. The van der Waals surface area contributed by atoms with Crippen molar-refractivity contribution in [1.29, 1.82) is 0 Å². The first-order chi connectivity index (χ1) is 12.1. The van der Waals surface area contributed by atoms with Gasteiger partial charge in [-0.3, -0.25) is 14.7 Å². The van der Waals surface area contributed by atoms with Crippen molar-refractivity contribution in [2.75, 3.05) is 36.0 Å². The average molecular weight is 341 g/mol. The fourth-order valence-electron chi connectivity index (χ4n) is 3.19. The third-order valence-electron chi connectivity index (χ3n) is 4.44. The van der Waals surface area contributed by atoms with Gasteiger partial charge in [-0.05, 0) is 23.1 Å². The minimum atomic E-state index is -0.567. The minimum absolute atomic E-state index is 0.0250. The van der Waals surface area contributed by atoms with Gasteiger partial charge in [-0.15, -0.1) is 0 Å². The molecule has 0 unspecified atom stereocenters. The Morgan fingerprint density at radius 1 is 1.04 bits per heavy atom. The molecule has 1 saturated heterocycles. The fraction of sp³-hybridized carbons (Fsp3) is 0.250. The van der Waals surface area contributed by atoms with E-state index in [9.17, 15) is 15.3 Å². The van der Waals surface area contributed by atoms with Crippen LogP contribution in [0.3, 0.4) is 0 Å². The van der Waals surface area contributed by atoms with Crippen molar-refractivity contribution < 1.29 is 14.5 Å². The second kappa shape index (κ2) is 5.93. The number of anilines is 2. The molecule has 9 heteroatoms. The molecule has 128 valence electrons. The highest BCUT2D eigenvalue weighted by Gasteiger charge is 2.29. The lowest BCUT2D eigenvalue weighted by Gasteiger charge is -2.37.